The van der Waals surface area contributed by atoms with Crippen LogP contribution in [0, 0.1) is 5.92 Å². The number of esters is 1. The highest BCUT2D eigenvalue weighted by atomic mass is 32.2. The zero-order chi connectivity index (χ0) is 14.0. The number of hydrogen-bond donors (Lipinski definition) is 0. The largest absolute Gasteiger partial charge is 0.743 e. The van der Waals surface area contributed by atoms with Gasteiger partial charge in [-0.3, -0.25) is 4.79 Å². The number of carbonyl (C=O) groups is 1. The standard InChI is InChI=1S/C10H16F2O5S/c1-7(10(11,12)18(14,15)16)17-9(13)8-5-3-2-4-6-8/h7-8H,2-6H2,1H3,(H,14,15,16)/p-1. The molecule has 0 heterocycles. The maximum atomic E-state index is 13.1. The quantitative estimate of drug-likeness (QED) is 0.579. The fourth-order valence-electron chi connectivity index (χ4n) is 1.88. The number of hydrogen-bond acceptors (Lipinski definition) is 5. The normalized spacial score (nSPS) is 20.4. The van der Waals surface area contributed by atoms with Crippen molar-refractivity contribution >= 4 is 16.1 Å². The van der Waals surface area contributed by atoms with Crippen LogP contribution in [0.2, 0.25) is 0 Å². The van der Waals surface area contributed by atoms with Crippen LogP contribution >= 0.6 is 0 Å². The monoisotopic (exact) mass is 285 g/mol. The molecule has 0 N–H and O–H groups in total. The van der Waals surface area contributed by atoms with Gasteiger partial charge in [-0.1, -0.05) is 19.3 Å². The molecule has 5 nitrogen and oxygen atoms in total. The summed E-state index contributed by atoms with van der Waals surface area (Å²) in [5, 5.41) is -4.60. The zero-order valence-electron chi connectivity index (χ0n) is 9.90. The first kappa shape index (κ1) is 15.3. The van der Waals surface area contributed by atoms with Crippen LogP contribution in [-0.2, 0) is 19.6 Å². The minimum atomic E-state index is -5.84. The molecule has 0 bridgehead atoms. The van der Waals surface area contributed by atoms with E-state index >= 15 is 0 Å². The molecule has 0 radical (unpaired) electrons. The zero-order valence-corrected chi connectivity index (χ0v) is 10.7. The Morgan fingerprint density at radius 3 is 2.28 bits per heavy atom. The van der Waals surface area contributed by atoms with E-state index in [1.807, 2.05) is 0 Å². The highest BCUT2D eigenvalue weighted by molar-refractivity contribution is 7.86. The van der Waals surface area contributed by atoms with Gasteiger partial charge in [0.2, 0.25) is 0 Å². The molecule has 0 aliphatic heterocycles. The van der Waals surface area contributed by atoms with Crippen LogP contribution in [-0.4, -0.2) is 30.3 Å². The molecule has 1 rings (SSSR count). The Labute approximate surface area is 104 Å². The van der Waals surface area contributed by atoms with Gasteiger partial charge >= 0.3 is 11.2 Å². The van der Waals surface area contributed by atoms with Gasteiger partial charge < -0.3 is 9.29 Å². The Morgan fingerprint density at radius 2 is 1.83 bits per heavy atom. The highest BCUT2D eigenvalue weighted by Gasteiger charge is 2.47. The summed E-state index contributed by atoms with van der Waals surface area (Å²) in [6, 6.07) is 0. The van der Waals surface area contributed by atoms with E-state index in [0.717, 1.165) is 19.3 Å². The van der Waals surface area contributed by atoms with Gasteiger partial charge in [0.1, 0.15) is 0 Å². The summed E-state index contributed by atoms with van der Waals surface area (Å²) in [5.74, 6) is -1.34. The molecular formula is C10H15F2O5S-. The third kappa shape index (κ3) is 3.38. The molecule has 0 saturated heterocycles. The predicted molar refractivity (Wildman–Crippen MR) is 56.8 cm³/mol. The summed E-state index contributed by atoms with van der Waals surface area (Å²) in [6.45, 7) is 0.705. The predicted octanol–water partition coefficient (Wildman–Crippen LogP) is 1.64. The van der Waals surface area contributed by atoms with Crippen molar-refractivity contribution in [1.82, 2.24) is 0 Å². The first-order valence-electron chi connectivity index (χ1n) is 5.70. The average molecular weight is 285 g/mol. The van der Waals surface area contributed by atoms with Crippen LogP contribution in [0.25, 0.3) is 0 Å². The minimum Gasteiger partial charge on any atom is -0.743 e. The van der Waals surface area contributed by atoms with E-state index in [9.17, 15) is 26.5 Å². The van der Waals surface area contributed by atoms with Gasteiger partial charge in [0, 0.05) is 0 Å². The third-order valence-corrected chi connectivity index (χ3v) is 4.04. The molecule has 1 unspecified atom stereocenters. The molecule has 1 atom stereocenters. The molecule has 106 valence electrons. The van der Waals surface area contributed by atoms with Crippen molar-refractivity contribution in [2.24, 2.45) is 5.92 Å². The summed E-state index contributed by atoms with van der Waals surface area (Å²) in [4.78, 5) is 11.5. The lowest BCUT2D eigenvalue weighted by Gasteiger charge is -2.28. The number of rotatable bonds is 4. The van der Waals surface area contributed by atoms with Gasteiger partial charge in [-0.2, -0.15) is 8.78 Å². The summed E-state index contributed by atoms with van der Waals surface area (Å²) in [5.41, 5.74) is 0. The van der Waals surface area contributed by atoms with Crippen LogP contribution in [0.4, 0.5) is 8.78 Å². The van der Waals surface area contributed by atoms with E-state index in [0.29, 0.717) is 19.8 Å². The van der Waals surface area contributed by atoms with Crippen LogP contribution < -0.4 is 0 Å². The van der Waals surface area contributed by atoms with Gasteiger partial charge in [-0.05, 0) is 19.8 Å². The van der Waals surface area contributed by atoms with Crippen molar-refractivity contribution in [3.05, 3.63) is 0 Å². The topological polar surface area (TPSA) is 83.5 Å². The van der Waals surface area contributed by atoms with E-state index in [2.05, 4.69) is 4.74 Å². The van der Waals surface area contributed by atoms with Crippen molar-refractivity contribution in [3.63, 3.8) is 0 Å². The average Bonchev–Trinajstić information content (AvgIpc) is 2.28. The second-order valence-corrected chi connectivity index (χ2v) is 5.88. The molecule has 0 aromatic heterocycles. The van der Waals surface area contributed by atoms with Crippen molar-refractivity contribution in [2.45, 2.75) is 50.4 Å². The second-order valence-electron chi connectivity index (χ2n) is 4.43. The van der Waals surface area contributed by atoms with E-state index < -0.39 is 33.4 Å². The van der Waals surface area contributed by atoms with Crippen LogP contribution in [0.5, 0.6) is 0 Å². The van der Waals surface area contributed by atoms with E-state index in [1.54, 1.807) is 0 Å². The fraction of sp³-hybridized carbons (Fsp3) is 0.900. The lowest BCUT2D eigenvalue weighted by Crippen LogP contribution is -2.43. The maximum absolute atomic E-state index is 13.1. The molecule has 1 saturated carbocycles. The van der Waals surface area contributed by atoms with E-state index in [4.69, 9.17) is 0 Å². The molecule has 1 aliphatic carbocycles. The van der Waals surface area contributed by atoms with Gasteiger partial charge in [0.25, 0.3) is 0 Å². The Kier molecular flexibility index (Phi) is 4.66. The molecule has 1 fully saturated rings. The van der Waals surface area contributed by atoms with Crippen LogP contribution in [0.1, 0.15) is 39.0 Å². The fourth-order valence-corrected chi connectivity index (χ4v) is 2.34. The first-order chi connectivity index (χ1) is 8.16. The van der Waals surface area contributed by atoms with E-state index in [-0.39, 0.29) is 0 Å². The van der Waals surface area contributed by atoms with Crippen LogP contribution in [0.15, 0.2) is 0 Å². The van der Waals surface area contributed by atoms with Gasteiger partial charge in [0.05, 0.1) is 5.92 Å². The Morgan fingerprint density at radius 1 is 1.33 bits per heavy atom. The second kappa shape index (κ2) is 5.48. The number of alkyl halides is 2. The summed E-state index contributed by atoms with van der Waals surface area (Å²) in [6.07, 6.45) is 1.41. The van der Waals surface area contributed by atoms with Gasteiger partial charge in [0.15, 0.2) is 16.2 Å². The van der Waals surface area contributed by atoms with Crippen LogP contribution in [0.3, 0.4) is 0 Å². The lowest BCUT2D eigenvalue weighted by atomic mass is 9.89. The Balaban J connectivity index is 2.64. The molecule has 18 heavy (non-hydrogen) atoms. The molecular weight excluding hydrogens is 270 g/mol. The Hall–Kier alpha value is -0.760. The first-order valence-corrected chi connectivity index (χ1v) is 7.11. The van der Waals surface area contributed by atoms with Crippen molar-refractivity contribution in [3.8, 4) is 0 Å². The van der Waals surface area contributed by atoms with Gasteiger partial charge in [-0.25, -0.2) is 8.42 Å². The number of carbonyl (C=O) groups excluding carboxylic acids is 1. The molecule has 1 aliphatic rings. The maximum Gasteiger partial charge on any atom is 0.369 e. The summed E-state index contributed by atoms with van der Waals surface area (Å²) < 4.78 is 61.6. The molecule has 0 aromatic rings. The lowest BCUT2D eigenvalue weighted by molar-refractivity contribution is -0.165. The highest BCUT2D eigenvalue weighted by Crippen LogP contribution is 2.30. The van der Waals surface area contributed by atoms with Crippen molar-refractivity contribution in [1.29, 1.82) is 0 Å². The molecule has 0 amide bonds. The summed E-state index contributed by atoms with van der Waals surface area (Å²) >= 11 is 0. The number of ether oxygens (including phenoxy) is 1. The molecule has 8 heteroatoms. The minimum absolute atomic E-state index is 0.480. The molecule has 0 aromatic carbocycles. The smallest absolute Gasteiger partial charge is 0.369 e. The summed E-state index contributed by atoms with van der Waals surface area (Å²) in [7, 11) is -5.84. The van der Waals surface area contributed by atoms with Crippen molar-refractivity contribution in [2.75, 3.05) is 0 Å². The molecule has 0 spiro atoms. The third-order valence-electron chi connectivity index (χ3n) is 3.04. The Bertz CT molecular complexity index is 400. The SMILES string of the molecule is CC(OC(=O)C1CCCCC1)C(F)(F)S(=O)(=O)[O-]. The number of halogens is 2. The van der Waals surface area contributed by atoms with E-state index in [1.165, 1.54) is 0 Å². The van der Waals surface area contributed by atoms with Gasteiger partial charge in [-0.15, -0.1) is 0 Å². The van der Waals surface area contributed by atoms with Crippen molar-refractivity contribution < 1.29 is 31.3 Å².